The summed E-state index contributed by atoms with van der Waals surface area (Å²) in [5.74, 6) is -0.507. The number of nitrogens with zero attached hydrogens (tertiary/aromatic N) is 1. The number of unbranched alkanes of at least 4 members (excludes halogenated alkanes) is 5. The van der Waals surface area contributed by atoms with Crippen LogP contribution in [-0.2, 0) is 36.9 Å². The summed E-state index contributed by atoms with van der Waals surface area (Å²) in [6.07, 6.45) is 11.5. The van der Waals surface area contributed by atoms with Gasteiger partial charge >= 0.3 is 11.9 Å². The van der Waals surface area contributed by atoms with Gasteiger partial charge in [0, 0.05) is 6.04 Å². The first-order valence-electron chi connectivity index (χ1n) is 16.5. The van der Waals surface area contributed by atoms with Crippen molar-refractivity contribution in [3.63, 3.8) is 0 Å². The van der Waals surface area contributed by atoms with Gasteiger partial charge in [-0.05, 0) is 62.5 Å². The van der Waals surface area contributed by atoms with Crippen LogP contribution in [0.15, 0.2) is 60.7 Å². The van der Waals surface area contributed by atoms with Gasteiger partial charge in [-0.2, -0.15) is 0 Å². The quantitative estimate of drug-likeness (QED) is 0.170. The number of hydrogen-bond donors (Lipinski definition) is 1. The summed E-state index contributed by atoms with van der Waals surface area (Å²) in [7, 11) is 0. The molecule has 1 aliphatic heterocycles. The van der Waals surface area contributed by atoms with E-state index >= 15 is 0 Å². The lowest BCUT2D eigenvalue weighted by Gasteiger charge is -2.32. The van der Waals surface area contributed by atoms with Crippen LogP contribution >= 0.6 is 0 Å². The van der Waals surface area contributed by atoms with E-state index in [1.54, 1.807) is 11.8 Å². The van der Waals surface area contributed by atoms with Crippen LogP contribution in [0.2, 0.25) is 0 Å². The van der Waals surface area contributed by atoms with Crippen LogP contribution in [0.5, 0.6) is 0 Å². The fourth-order valence-electron chi connectivity index (χ4n) is 6.62. The van der Waals surface area contributed by atoms with Crippen molar-refractivity contribution < 1.29 is 23.9 Å². The Labute approximate surface area is 257 Å². The first kappa shape index (κ1) is 32.7. The molecule has 5 atom stereocenters. The number of amides is 1. The van der Waals surface area contributed by atoms with Gasteiger partial charge in [0.25, 0.3) is 0 Å². The van der Waals surface area contributed by atoms with Crippen molar-refractivity contribution in [2.24, 2.45) is 5.92 Å². The van der Waals surface area contributed by atoms with Gasteiger partial charge in [0.05, 0.1) is 12.6 Å². The maximum atomic E-state index is 14.0. The molecule has 1 heterocycles. The molecular weight excluding hydrogens is 540 g/mol. The van der Waals surface area contributed by atoms with Crippen molar-refractivity contribution in [1.29, 1.82) is 0 Å². The molecule has 2 unspecified atom stereocenters. The van der Waals surface area contributed by atoms with Gasteiger partial charge in [0.15, 0.2) is 0 Å². The second-order valence-corrected chi connectivity index (χ2v) is 12.2. The van der Waals surface area contributed by atoms with Crippen LogP contribution in [0.3, 0.4) is 0 Å². The molecule has 43 heavy (non-hydrogen) atoms. The molecule has 1 amide bonds. The van der Waals surface area contributed by atoms with E-state index in [1.165, 1.54) is 19.3 Å². The minimum Gasteiger partial charge on any atom is -0.465 e. The maximum Gasteiger partial charge on any atom is 0.329 e. The molecule has 1 saturated carbocycles. The summed E-state index contributed by atoms with van der Waals surface area (Å²) in [6, 6.07) is 17.8. The molecule has 2 aromatic rings. The van der Waals surface area contributed by atoms with Crippen molar-refractivity contribution in [2.75, 3.05) is 6.61 Å². The van der Waals surface area contributed by atoms with E-state index in [0.717, 1.165) is 49.7 Å². The number of nitrogens with one attached hydrogen (secondary N) is 1. The highest BCUT2D eigenvalue weighted by atomic mass is 16.5. The van der Waals surface area contributed by atoms with E-state index < -0.39 is 18.1 Å². The summed E-state index contributed by atoms with van der Waals surface area (Å²) >= 11 is 0. The maximum absolute atomic E-state index is 14.0. The predicted octanol–water partition coefficient (Wildman–Crippen LogP) is 6.38. The lowest BCUT2D eigenvalue weighted by molar-refractivity contribution is -0.156. The smallest absolute Gasteiger partial charge is 0.329 e. The van der Waals surface area contributed by atoms with Gasteiger partial charge in [-0.3, -0.25) is 14.9 Å². The molecule has 2 aliphatic rings. The lowest BCUT2D eigenvalue weighted by Crippen LogP contribution is -2.55. The number of ether oxygens (including phenoxy) is 2. The second kappa shape index (κ2) is 17.2. The molecule has 1 saturated heterocycles. The Morgan fingerprint density at radius 2 is 1.56 bits per heavy atom. The number of esters is 2. The van der Waals surface area contributed by atoms with Crippen LogP contribution in [0.25, 0.3) is 0 Å². The summed E-state index contributed by atoms with van der Waals surface area (Å²) in [4.78, 5) is 42.3. The third kappa shape index (κ3) is 9.65. The summed E-state index contributed by atoms with van der Waals surface area (Å²) in [5, 5.41) is 3.31. The highest BCUT2D eigenvalue weighted by Gasteiger charge is 2.50. The van der Waals surface area contributed by atoms with Crippen molar-refractivity contribution in [3.8, 4) is 0 Å². The Morgan fingerprint density at radius 3 is 2.28 bits per heavy atom. The number of aryl methyl sites for hydroxylation is 1. The van der Waals surface area contributed by atoms with Gasteiger partial charge in [0.2, 0.25) is 5.91 Å². The molecular formula is C36H50N2O5. The summed E-state index contributed by atoms with van der Waals surface area (Å²) < 4.78 is 11.4. The molecule has 0 radical (unpaired) electrons. The minimum atomic E-state index is -0.647. The van der Waals surface area contributed by atoms with E-state index in [9.17, 15) is 14.4 Å². The standard InChI is InChI=1S/C36H50N2O5/c1-3-4-5-6-7-14-24-42-35(40)31(23-22-28-16-10-8-11-17-28)37-27(2)34(39)38-32-21-15-20-30(32)25-33(38)36(41)43-26-29-18-12-9-13-19-29/h8-13,16-19,27,30-33,37H,3-7,14-15,20-26H2,1-2H3/t27?,30-,31?,32-,33-/m0/s1. The Hall–Kier alpha value is -3.19. The Balaban J connectivity index is 1.38. The molecule has 7 nitrogen and oxygen atoms in total. The zero-order chi connectivity index (χ0) is 30.4. The summed E-state index contributed by atoms with van der Waals surface area (Å²) in [6.45, 7) is 4.58. The molecule has 0 bridgehead atoms. The highest BCUT2D eigenvalue weighted by molar-refractivity contribution is 5.89. The molecule has 4 rings (SSSR count). The molecule has 7 heteroatoms. The molecule has 0 aromatic heterocycles. The Morgan fingerprint density at radius 1 is 0.884 bits per heavy atom. The molecule has 2 fully saturated rings. The third-order valence-corrected chi connectivity index (χ3v) is 9.00. The van der Waals surface area contributed by atoms with Gasteiger partial charge in [-0.15, -0.1) is 0 Å². The zero-order valence-corrected chi connectivity index (χ0v) is 26.0. The third-order valence-electron chi connectivity index (χ3n) is 9.00. The van der Waals surface area contributed by atoms with E-state index in [-0.39, 0.29) is 30.5 Å². The topological polar surface area (TPSA) is 84.9 Å². The normalized spacial score (nSPS) is 20.8. The van der Waals surface area contributed by atoms with E-state index in [4.69, 9.17) is 9.47 Å². The number of likely N-dealkylation sites (tertiary alicyclic amines) is 1. The molecule has 2 aromatic carbocycles. The predicted molar refractivity (Wildman–Crippen MR) is 168 cm³/mol. The number of carbonyl (C=O) groups is 3. The second-order valence-electron chi connectivity index (χ2n) is 12.2. The molecule has 1 N–H and O–H groups in total. The molecule has 0 spiro atoms. The Bertz CT molecular complexity index is 1140. The van der Waals surface area contributed by atoms with Gasteiger partial charge in [-0.1, -0.05) is 106 Å². The first-order valence-corrected chi connectivity index (χ1v) is 16.5. The highest BCUT2D eigenvalue weighted by Crippen LogP contribution is 2.42. The van der Waals surface area contributed by atoms with Gasteiger partial charge in [-0.25, -0.2) is 4.79 Å². The van der Waals surface area contributed by atoms with Crippen molar-refractivity contribution in [1.82, 2.24) is 10.2 Å². The van der Waals surface area contributed by atoms with E-state index in [2.05, 4.69) is 12.2 Å². The minimum absolute atomic E-state index is 0.0356. The Kier molecular flexibility index (Phi) is 13.1. The number of rotatable bonds is 17. The number of fused-ring (bicyclic) bond motifs is 1. The molecule has 234 valence electrons. The summed E-state index contributed by atoms with van der Waals surface area (Å²) in [5.41, 5.74) is 2.05. The monoisotopic (exact) mass is 590 g/mol. The molecule has 1 aliphatic carbocycles. The van der Waals surface area contributed by atoms with Crippen LogP contribution in [0.4, 0.5) is 0 Å². The van der Waals surface area contributed by atoms with Crippen molar-refractivity contribution in [2.45, 2.75) is 122 Å². The number of carbonyl (C=O) groups excluding carboxylic acids is 3. The average Bonchev–Trinajstić information content (AvgIpc) is 3.64. The first-order chi connectivity index (χ1) is 21.0. The largest absolute Gasteiger partial charge is 0.465 e. The number of benzene rings is 2. The van der Waals surface area contributed by atoms with Crippen LogP contribution in [0, 0.1) is 5.92 Å². The lowest BCUT2D eigenvalue weighted by atomic mass is 10.0. The van der Waals surface area contributed by atoms with Crippen molar-refractivity contribution in [3.05, 3.63) is 71.8 Å². The zero-order valence-electron chi connectivity index (χ0n) is 26.0. The average molecular weight is 591 g/mol. The van der Waals surface area contributed by atoms with E-state index in [1.807, 2.05) is 60.7 Å². The fourth-order valence-corrected chi connectivity index (χ4v) is 6.62. The van der Waals surface area contributed by atoms with Crippen LogP contribution < -0.4 is 5.32 Å². The van der Waals surface area contributed by atoms with Crippen LogP contribution in [-0.4, -0.2) is 53.5 Å². The van der Waals surface area contributed by atoms with Gasteiger partial charge in [0.1, 0.15) is 18.7 Å². The fraction of sp³-hybridized carbons (Fsp3) is 0.583. The van der Waals surface area contributed by atoms with Crippen molar-refractivity contribution >= 4 is 17.8 Å². The number of hydrogen-bond acceptors (Lipinski definition) is 6. The SMILES string of the molecule is CCCCCCCCOC(=O)C(CCc1ccccc1)NC(C)C(=O)N1[C@H](C(=O)OCc2ccccc2)C[C@@H]2CCC[C@@H]21. The van der Waals surface area contributed by atoms with Gasteiger partial charge < -0.3 is 14.4 Å². The van der Waals surface area contributed by atoms with Crippen LogP contribution in [0.1, 0.15) is 95.6 Å². The van der Waals surface area contributed by atoms with E-state index in [0.29, 0.717) is 31.8 Å².